The Morgan fingerprint density at radius 3 is 0.756 bits per heavy atom. The van der Waals surface area contributed by atoms with E-state index in [1.165, 1.54) is 18.3 Å². The Morgan fingerprint density at radius 1 is 0.227 bits per heavy atom. The summed E-state index contributed by atoms with van der Waals surface area (Å²) in [4.78, 5) is 139. The Balaban J connectivity index is 1.14. The lowest BCUT2D eigenvalue weighted by Gasteiger charge is -2.30. The maximum absolute atomic E-state index is 18.2. The molecule has 14 nitrogen and oxygen atoms in total. The molecule has 0 unspecified atom stereocenters. The van der Waals surface area contributed by atoms with Crippen LogP contribution >= 0.6 is 23.2 Å². The largest absolute Gasteiger partial charge is 0.497 e. The molecular weight excluding hydrogens is 1520 g/mol. The number of para-hydroxylation sites is 4. The maximum Gasteiger partial charge on any atom is 0.266 e. The molecule has 17 aromatic carbocycles. The third-order valence-corrected chi connectivity index (χ3v) is 27.7. The first-order chi connectivity index (χ1) is 56.9. The molecule has 22 aromatic rings. The van der Waals surface area contributed by atoms with E-state index in [9.17, 15) is 0 Å². The number of hydrogen-bond acceptors (Lipinski definition) is 9. The third-order valence-electron chi connectivity index (χ3n) is 27.1. The highest BCUT2D eigenvalue weighted by molar-refractivity contribution is 6.64. The van der Waals surface area contributed by atoms with Gasteiger partial charge >= 0.3 is 0 Å². The van der Waals surface area contributed by atoms with Gasteiger partial charge in [0, 0.05) is 123 Å². The molecule has 0 amide bonds. The number of ether oxygens (including phenoxy) is 1. The van der Waals surface area contributed by atoms with E-state index in [2.05, 4.69) is 60.0 Å². The van der Waals surface area contributed by atoms with Crippen LogP contribution < -0.4 is 49.2 Å². The molecule has 0 atom stereocenters. The lowest BCUT2D eigenvalue weighted by molar-refractivity contribution is 0.415. The second-order valence-corrected chi connectivity index (χ2v) is 36.9. The number of halogens is 2. The molecule has 16 heteroatoms. The molecule has 0 aliphatic rings. The summed E-state index contributed by atoms with van der Waals surface area (Å²) in [5, 5.41) is 11.0. The maximum atomic E-state index is 18.2. The van der Waals surface area contributed by atoms with E-state index >= 15 is 38.4 Å². The van der Waals surface area contributed by atoms with E-state index < -0.39 is 44.5 Å². The van der Waals surface area contributed by atoms with Gasteiger partial charge in [-0.05, 0) is 174 Å². The first kappa shape index (κ1) is 73.0. The van der Waals surface area contributed by atoms with Crippen LogP contribution in [0, 0.1) is 0 Å². The average molecular weight is 1600 g/mol. The van der Waals surface area contributed by atoms with Crippen LogP contribution in [0.15, 0.2) is 172 Å². The first-order valence-corrected chi connectivity index (χ1v) is 42.3. The van der Waals surface area contributed by atoms with Crippen molar-refractivity contribution in [1.82, 2.24) is 22.8 Å². The van der Waals surface area contributed by atoms with Gasteiger partial charge in [0.15, 0.2) is 0 Å². The lowest BCUT2D eigenvalue weighted by Crippen LogP contribution is -2.34. The molecule has 5 heterocycles. The number of benzene rings is 17. The molecule has 0 aliphatic heterocycles. The van der Waals surface area contributed by atoms with E-state index in [-0.39, 0.29) is 111 Å². The molecule has 0 fully saturated rings. The van der Waals surface area contributed by atoms with Crippen molar-refractivity contribution in [2.75, 3.05) is 7.11 Å². The van der Waals surface area contributed by atoms with Gasteiger partial charge in [-0.25, -0.2) is 18.3 Å². The van der Waals surface area contributed by atoms with Gasteiger partial charge in [-0.2, -0.15) is 0 Å². The molecule has 0 saturated heterocycles. The van der Waals surface area contributed by atoms with Gasteiger partial charge in [-0.15, -0.1) is 0 Å². The first-order valence-electron chi connectivity index (χ1n) is 41.5. The summed E-state index contributed by atoms with van der Waals surface area (Å²) >= 11 is 16.4. The van der Waals surface area contributed by atoms with Gasteiger partial charge < -0.3 is 9.30 Å². The van der Waals surface area contributed by atoms with Gasteiger partial charge in [0.1, 0.15) is 5.75 Å². The normalized spacial score (nSPS) is 13.2. The molecule has 119 heavy (non-hydrogen) atoms. The fourth-order valence-electron chi connectivity index (χ4n) is 22.1. The molecule has 22 rings (SSSR count). The number of aromatic nitrogens is 5. The van der Waals surface area contributed by atoms with Crippen LogP contribution in [-0.2, 0) is 0 Å². The molecule has 586 valence electrons. The monoisotopic (exact) mass is 1600 g/mol. The molecule has 5 aromatic heterocycles. The fraction of sp³-hybridized carbons (Fsp3) is 0.243. The molecule has 0 saturated carbocycles. The summed E-state index contributed by atoms with van der Waals surface area (Å²) in [6.45, 7) is 32.7. The molecular formula is C103H81Cl2N5O9. The average Bonchev–Trinajstić information content (AvgIpc) is 1.55. The zero-order valence-electron chi connectivity index (χ0n) is 69.0. The Hall–Kier alpha value is -12.4. The van der Waals surface area contributed by atoms with E-state index in [0.29, 0.717) is 153 Å². The van der Waals surface area contributed by atoms with Crippen LogP contribution in [0.3, 0.4) is 0 Å². The van der Waals surface area contributed by atoms with Crippen molar-refractivity contribution in [3.05, 3.63) is 271 Å². The fourth-order valence-corrected chi connectivity index (χ4v) is 22.7. The van der Waals surface area contributed by atoms with E-state index in [1.54, 1.807) is 19.2 Å². The van der Waals surface area contributed by atoms with Crippen molar-refractivity contribution in [2.24, 2.45) is 0 Å². The smallest absolute Gasteiger partial charge is 0.266 e. The summed E-state index contributed by atoms with van der Waals surface area (Å²) in [6.07, 6.45) is 0. The van der Waals surface area contributed by atoms with E-state index in [0.717, 1.165) is 44.5 Å². The predicted octanol–water partition coefficient (Wildman–Crippen LogP) is 23.7. The van der Waals surface area contributed by atoms with Crippen molar-refractivity contribution in [3.63, 3.8) is 0 Å². The van der Waals surface area contributed by atoms with Gasteiger partial charge in [0.05, 0.1) is 73.2 Å². The number of hydrogen-bond donors (Lipinski definition) is 0. The van der Waals surface area contributed by atoms with E-state index in [1.807, 2.05) is 177 Å². The molecule has 0 spiro atoms. The number of rotatable bonds is 14. The summed E-state index contributed by atoms with van der Waals surface area (Å²) in [7, 11) is 1.60. The molecule has 0 N–H and O–H groups in total. The predicted molar refractivity (Wildman–Crippen MR) is 494 cm³/mol. The SMILES string of the molecule is COc1ccc(-n2c3cc4c(=O)n(-c5c(C(C)C)cccc5C(C)C)c(=O)c5cc6c7c8c(=O)n(-c9c(C(C)C)cccc9C(C)C)c(=O)c9cc(Cl)c%10c%11c(Cl)cc%12c(=O)n(-c%13c(C(C)C)cccc%13C(C)C)c(=O)c%13cc%14c%15c%16c(=O)n(-c%17c(C(C)C)cccc%17C(C)C)c(=O)c%17cc2c2c(c%17%16)c(c6c(c54)c23)c%15c7c(c%14c%11c%12%13)c%10c98)cc1. The highest BCUT2D eigenvalue weighted by Gasteiger charge is 2.41. The zero-order valence-corrected chi connectivity index (χ0v) is 70.5. The highest BCUT2D eigenvalue weighted by Crippen LogP contribution is 2.63. The summed E-state index contributed by atoms with van der Waals surface area (Å²) in [5.74, 6) is -0.963. The summed E-state index contributed by atoms with van der Waals surface area (Å²) in [6, 6.07) is 42.0. The van der Waals surface area contributed by atoms with Crippen LogP contribution in [0.1, 0.15) is 203 Å². The Morgan fingerprint density at radius 2 is 0.454 bits per heavy atom. The van der Waals surface area contributed by atoms with Crippen LogP contribution in [0.4, 0.5) is 0 Å². The standard InChI is InChI=1S/C103H81Cl2N5O9/c1-40(2)50-22-18-23-51(41(3)4)92(50)107-96(111)60-34-58-72-82-70(60)62(98(107)113)36-66(104)78(82)79-67(105)37-63-76-84(79)86(72)88-75(90(76)102(117)109(99(63)114)94-54(44(9)10)26-20-27-55(94)45(11)12)59-35-61-71-64(100(115)108(97(61)112)93-52(42(5)6)24-19-25-53(93)43(7)8)38-68-80-81-69(106(68)48-30-32-49(119-17)33-31-48)39-65-77-85(81)87(73(59)83(71)80)89(88)74(58)91(77)103(118)110(101(65)116)95-56(46(13)14)28-21-29-57(95)47(15)16/h18-47H,1-17H3. The zero-order chi connectivity index (χ0) is 83.1. The lowest BCUT2D eigenvalue weighted by atomic mass is 9.73. The van der Waals surface area contributed by atoms with Gasteiger partial charge in [0.2, 0.25) is 0 Å². The number of fused-ring (bicyclic) bond motifs is 5. The number of methoxy groups -OCH3 is 1. The van der Waals surface area contributed by atoms with Crippen LogP contribution in [0.2, 0.25) is 10.0 Å². The molecule has 0 radical (unpaired) electrons. The number of pyridine rings is 4. The van der Waals surface area contributed by atoms with Crippen LogP contribution in [-0.4, -0.2) is 29.9 Å². The van der Waals surface area contributed by atoms with Gasteiger partial charge in [0.25, 0.3) is 44.5 Å². The van der Waals surface area contributed by atoms with Gasteiger partial charge in [-0.1, -0.05) is 207 Å². The van der Waals surface area contributed by atoms with E-state index in [4.69, 9.17) is 27.9 Å². The highest BCUT2D eigenvalue weighted by atomic mass is 35.5. The second-order valence-electron chi connectivity index (χ2n) is 36.1. The minimum Gasteiger partial charge on any atom is -0.497 e. The van der Waals surface area contributed by atoms with Gasteiger partial charge in [-0.3, -0.25) is 38.4 Å². The Bertz CT molecular complexity index is 8720. The minimum atomic E-state index is -0.663. The molecule has 0 bridgehead atoms. The van der Waals surface area contributed by atoms with Crippen LogP contribution in [0.5, 0.6) is 5.75 Å². The van der Waals surface area contributed by atoms with Crippen molar-refractivity contribution in [3.8, 4) is 34.2 Å². The Labute approximate surface area is 689 Å². The number of nitrogens with zero attached hydrogens (tertiary/aromatic N) is 5. The minimum absolute atomic E-state index is 0.0899. The van der Waals surface area contributed by atoms with Crippen molar-refractivity contribution in [1.29, 1.82) is 0 Å². The summed E-state index contributed by atoms with van der Waals surface area (Å²) < 4.78 is 13.3. The Kier molecular flexibility index (Phi) is 15.0. The van der Waals surface area contributed by atoms with Crippen molar-refractivity contribution >= 4 is 196 Å². The van der Waals surface area contributed by atoms with Crippen molar-refractivity contribution in [2.45, 2.75) is 158 Å². The topological polar surface area (TPSA) is 170 Å². The third kappa shape index (κ3) is 8.77. The summed E-state index contributed by atoms with van der Waals surface area (Å²) in [5.41, 5.74) is 4.78. The van der Waals surface area contributed by atoms with Crippen molar-refractivity contribution < 1.29 is 4.74 Å². The second kappa shape index (κ2) is 24.4. The quantitative estimate of drug-likeness (QED) is 0.0759. The van der Waals surface area contributed by atoms with Crippen LogP contribution in [0.25, 0.3) is 201 Å². The molecule has 0 aliphatic carbocycles.